The SMILES string of the molecule is NNC1CCOc2ccc(Cl)cc21. The Labute approximate surface area is 81.8 Å². The summed E-state index contributed by atoms with van der Waals surface area (Å²) in [5, 5.41) is 0.713. The zero-order valence-electron chi connectivity index (χ0n) is 7.09. The van der Waals surface area contributed by atoms with Crippen molar-refractivity contribution in [2.45, 2.75) is 12.5 Å². The standard InChI is InChI=1S/C9H11ClN2O/c10-6-1-2-9-7(5-6)8(12-11)3-4-13-9/h1-2,5,8,12H,3-4,11H2. The number of fused-ring (bicyclic) bond motifs is 1. The van der Waals surface area contributed by atoms with Crippen molar-refractivity contribution in [2.24, 2.45) is 5.84 Å². The number of hydrazine groups is 1. The fourth-order valence-corrected chi connectivity index (χ4v) is 1.72. The molecule has 1 heterocycles. The third-order valence-electron chi connectivity index (χ3n) is 2.21. The predicted molar refractivity (Wildman–Crippen MR) is 51.6 cm³/mol. The molecule has 0 aromatic heterocycles. The van der Waals surface area contributed by atoms with Gasteiger partial charge in [-0.15, -0.1) is 0 Å². The van der Waals surface area contributed by atoms with Gasteiger partial charge < -0.3 is 4.74 Å². The normalized spacial score (nSPS) is 20.6. The molecule has 2 rings (SSSR count). The maximum absolute atomic E-state index is 5.87. The van der Waals surface area contributed by atoms with Gasteiger partial charge in [0.1, 0.15) is 5.75 Å². The molecule has 1 unspecified atom stereocenters. The lowest BCUT2D eigenvalue weighted by molar-refractivity contribution is 0.253. The van der Waals surface area contributed by atoms with Gasteiger partial charge in [0.15, 0.2) is 0 Å². The molecule has 13 heavy (non-hydrogen) atoms. The summed E-state index contributed by atoms with van der Waals surface area (Å²) in [5.74, 6) is 6.29. The molecule has 0 bridgehead atoms. The van der Waals surface area contributed by atoms with Gasteiger partial charge in [0, 0.05) is 17.0 Å². The van der Waals surface area contributed by atoms with E-state index in [1.54, 1.807) is 0 Å². The third kappa shape index (κ3) is 1.63. The Kier molecular flexibility index (Phi) is 2.40. The molecule has 0 saturated heterocycles. The van der Waals surface area contributed by atoms with Gasteiger partial charge in [-0.25, -0.2) is 0 Å². The summed E-state index contributed by atoms with van der Waals surface area (Å²) < 4.78 is 5.46. The molecule has 1 atom stereocenters. The van der Waals surface area contributed by atoms with Crippen LogP contribution in [0.25, 0.3) is 0 Å². The zero-order chi connectivity index (χ0) is 9.26. The van der Waals surface area contributed by atoms with Crippen molar-refractivity contribution in [3.63, 3.8) is 0 Å². The lowest BCUT2D eigenvalue weighted by Crippen LogP contribution is -2.31. The summed E-state index contributed by atoms with van der Waals surface area (Å²) >= 11 is 5.87. The number of ether oxygens (including phenoxy) is 1. The van der Waals surface area contributed by atoms with Crippen molar-refractivity contribution in [3.8, 4) is 5.75 Å². The second kappa shape index (κ2) is 3.54. The Balaban J connectivity index is 2.41. The van der Waals surface area contributed by atoms with E-state index in [1.807, 2.05) is 18.2 Å². The minimum Gasteiger partial charge on any atom is -0.493 e. The van der Waals surface area contributed by atoms with Gasteiger partial charge in [-0.2, -0.15) is 0 Å². The summed E-state index contributed by atoms with van der Waals surface area (Å²) in [6.45, 7) is 0.698. The number of rotatable bonds is 1. The van der Waals surface area contributed by atoms with Gasteiger partial charge in [-0.05, 0) is 18.2 Å². The lowest BCUT2D eigenvalue weighted by Gasteiger charge is -2.25. The smallest absolute Gasteiger partial charge is 0.124 e. The number of hydrogen-bond donors (Lipinski definition) is 2. The Hall–Kier alpha value is -0.770. The van der Waals surface area contributed by atoms with E-state index in [2.05, 4.69) is 5.43 Å². The second-order valence-corrected chi connectivity index (χ2v) is 3.47. The second-order valence-electron chi connectivity index (χ2n) is 3.04. The molecular weight excluding hydrogens is 188 g/mol. The van der Waals surface area contributed by atoms with Crippen LogP contribution in [-0.4, -0.2) is 6.61 Å². The highest BCUT2D eigenvalue weighted by molar-refractivity contribution is 6.30. The van der Waals surface area contributed by atoms with E-state index >= 15 is 0 Å². The molecule has 0 saturated carbocycles. The van der Waals surface area contributed by atoms with Crippen LogP contribution in [-0.2, 0) is 0 Å². The minimum atomic E-state index is 0.155. The molecule has 0 spiro atoms. The molecule has 1 aromatic rings. The van der Waals surface area contributed by atoms with Crippen LogP contribution in [0.5, 0.6) is 5.75 Å². The first-order valence-electron chi connectivity index (χ1n) is 4.19. The first kappa shape index (κ1) is 8.81. The van der Waals surface area contributed by atoms with E-state index in [4.69, 9.17) is 22.2 Å². The molecule has 1 aliphatic heterocycles. The van der Waals surface area contributed by atoms with E-state index in [-0.39, 0.29) is 6.04 Å². The lowest BCUT2D eigenvalue weighted by atomic mass is 10.0. The Morgan fingerprint density at radius 1 is 1.54 bits per heavy atom. The fourth-order valence-electron chi connectivity index (χ4n) is 1.54. The average Bonchev–Trinajstić information content (AvgIpc) is 2.17. The largest absolute Gasteiger partial charge is 0.493 e. The molecule has 3 nitrogen and oxygen atoms in total. The van der Waals surface area contributed by atoms with Crippen molar-refractivity contribution in [3.05, 3.63) is 28.8 Å². The van der Waals surface area contributed by atoms with Gasteiger partial charge in [0.25, 0.3) is 0 Å². The quantitative estimate of drug-likeness (QED) is 0.533. The number of hydrogen-bond acceptors (Lipinski definition) is 3. The van der Waals surface area contributed by atoms with Crippen molar-refractivity contribution in [1.29, 1.82) is 0 Å². The zero-order valence-corrected chi connectivity index (χ0v) is 7.84. The summed E-state index contributed by atoms with van der Waals surface area (Å²) in [6, 6.07) is 5.74. The average molecular weight is 199 g/mol. The first-order chi connectivity index (χ1) is 6.31. The van der Waals surface area contributed by atoms with Gasteiger partial charge in [-0.1, -0.05) is 11.6 Å². The first-order valence-corrected chi connectivity index (χ1v) is 4.57. The number of nitrogens with two attached hydrogens (primary N) is 1. The van der Waals surface area contributed by atoms with Gasteiger partial charge >= 0.3 is 0 Å². The molecule has 70 valence electrons. The Morgan fingerprint density at radius 3 is 3.15 bits per heavy atom. The third-order valence-corrected chi connectivity index (χ3v) is 2.45. The highest BCUT2D eigenvalue weighted by Crippen LogP contribution is 2.33. The van der Waals surface area contributed by atoms with E-state index in [9.17, 15) is 0 Å². The van der Waals surface area contributed by atoms with Crippen molar-refractivity contribution in [1.82, 2.24) is 5.43 Å². The van der Waals surface area contributed by atoms with Crippen LogP contribution in [0.4, 0.5) is 0 Å². The highest BCUT2D eigenvalue weighted by atomic mass is 35.5. The van der Waals surface area contributed by atoms with Crippen LogP contribution >= 0.6 is 11.6 Å². The molecule has 0 amide bonds. The summed E-state index contributed by atoms with van der Waals surface area (Å²) in [4.78, 5) is 0. The molecule has 4 heteroatoms. The van der Waals surface area contributed by atoms with Crippen LogP contribution in [0, 0.1) is 0 Å². The van der Waals surface area contributed by atoms with Crippen molar-refractivity contribution >= 4 is 11.6 Å². The predicted octanol–water partition coefficient (Wildman–Crippen LogP) is 1.63. The number of halogens is 1. The molecule has 0 fully saturated rings. The van der Waals surface area contributed by atoms with Crippen LogP contribution in [0.1, 0.15) is 18.0 Å². The maximum atomic E-state index is 5.87. The highest BCUT2D eigenvalue weighted by Gasteiger charge is 2.20. The van der Waals surface area contributed by atoms with E-state index in [0.717, 1.165) is 17.7 Å². The topological polar surface area (TPSA) is 47.3 Å². The van der Waals surface area contributed by atoms with Crippen molar-refractivity contribution < 1.29 is 4.74 Å². The van der Waals surface area contributed by atoms with E-state index in [1.165, 1.54) is 0 Å². The molecule has 1 aliphatic rings. The minimum absolute atomic E-state index is 0.155. The molecule has 0 radical (unpaired) electrons. The van der Waals surface area contributed by atoms with E-state index in [0.29, 0.717) is 11.6 Å². The number of nitrogens with one attached hydrogen (secondary N) is 1. The summed E-state index contributed by atoms with van der Waals surface area (Å²) in [6.07, 6.45) is 0.879. The Bertz CT molecular complexity index is 316. The maximum Gasteiger partial charge on any atom is 0.124 e. The van der Waals surface area contributed by atoms with Crippen LogP contribution < -0.4 is 16.0 Å². The van der Waals surface area contributed by atoms with Crippen LogP contribution in [0.2, 0.25) is 5.02 Å². The summed E-state index contributed by atoms with van der Waals surface area (Å²) in [5.41, 5.74) is 3.79. The molecule has 0 aliphatic carbocycles. The Morgan fingerprint density at radius 2 is 2.38 bits per heavy atom. The van der Waals surface area contributed by atoms with Gasteiger partial charge in [-0.3, -0.25) is 11.3 Å². The molecular formula is C9H11ClN2O. The van der Waals surface area contributed by atoms with Crippen LogP contribution in [0.3, 0.4) is 0 Å². The monoisotopic (exact) mass is 198 g/mol. The molecule has 3 N–H and O–H groups in total. The van der Waals surface area contributed by atoms with E-state index < -0.39 is 0 Å². The summed E-state index contributed by atoms with van der Waals surface area (Å²) in [7, 11) is 0. The van der Waals surface area contributed by atoms with Gasteiger partial charge in [0.2, 0.25) is 0 Å². The van der Waals surface area contributed by atoms with Crippen molar-refractivity contribution in [2.75, 3.05) is 6.61 Å². The molecule has 1 aromatic carbocycles. The number of benzene rings is 1. The van der Waals surface area contributed by atoms with Gasteiger partial charge in [0.05, 0.1) is 12.6 Å². The van der Waals surface area contributed by atoms with Crippen LogP contribution in [0.15, 0.2) is 18.2 Å². The fraction of sp³-hybridized carbons (Fsp3) is 0.333.